The van der Waals surface area contributed by atoms with Crippen LogP contribution < -0.4 is 0 Å². The average molecular weight is 256 g/mol. The van der Waals surface area contributed by atoms with Gasteiger partial charge in [-0.15, -0.1) is 0 Å². The van der Waals surface area contributed by atoms with Crippen molar-refractivity contribution >= 4 is 11.4 Å². The number of allylic oxidation sites excluding steroid dienone is 3. The maximum atomic E-state index is 11.2. The summed E-state index contributed by atoms with van der Waals surface area (Å²) in [6.07, 6.45) is 7.18. The summed E-state index contributed by atoms with van der Waals surface area (Å²) in [4.78, 5) is 11.2. The van der Waals surface area contributed by atoms with Gasteiger partial charge in [-0.2, -0.15) is 0 Å². The van der Waals surface area contributed by atoms with E-state index in [2.05, 4.69) is 25.1 Å². The lowest BCUT2D eigenvalue weighted by atomic mass is 10.1. The van der Waals surface area contributed by atoms with Crippen LogP contribution in [0.3, 0.4) is 0 Å². The zero-order valence-electron chi connectivity index (χ0n) is 11.4. The summed E-state index contributed by atoms with van der Waals surface area (Å²) in [5.41, 5.74) is 2.51. The van der Waals surface area contributed by atoms with Gasteiger partial charge in [-0.05, 0) is 30.9 Å². The van der Waals surface area contributed by atoms with Crippen LogP contribution in [0.15, 0.2) is 48.2 Å². The molecule has 0 saturated carbocycles. The van der Waals surface area contributed by atoms with Gasteiger partial charge in [0.05, 0.1) is 12.4 Å². The fourth-order valence-corrected chi connectivity index (χ4v) is 2.16. The van der Waals surface area contributed by atoms with Gasteiger partial charge in [0.15, 0.2) is 5.78 Å². The maximum absolute atomic E-state index is 11.2. The Morgan fingerprint density at radius 2 is 2.05 bits per heavy atom. The molecule has 1 aliphatic carbocycles. The quantitative estimate of drug-likeness (QED) is 0.740. The molecular formula is C17H20O2. The van der Waals surface area contributed by atoms with Crippen LogP contribution in [0.2, 0.25) is 0 Å². The monoisotopic (exact) mass is 256 g/mol. The van der Waals surface area contributed by atoms with E-state index in [1.807, 2.05) is 18.2 Å². The Morgan fingerprint density at radius 1 is 1.26 bits per heavy atom. The number of hydrogen-bond acceptors (Lipinski definition) is 2. The van der Waals surface area contributed by atoms with Crippen LogP contribution in [-0.2, 0) is 9.53 Å². The van der Waals surface area contributed by atoms with E-state index in [-0.39, 0.29) is 5.78 Å². The molecule has 0 bridgehead atoms. The highest BCUT2D eigenvalue weighted by Gasteiger charge is 2.10. The first kappa shape index (κ1) is 13.6. The van der Waals surface area contributed by atoms with Crippen LogP contribution in [0, 0.1) is 0 Å². The van der Waals surface area contributed by atoms with Crippen molar-refractivity contribution in [1.82, 2.24) is 0 Å². The van der Waals surface area contributed by atoms with E-state index in [0.29, 0.717) is 13.0 Å². The van der Waals surface area contributed by atoms with Crippen molar-refractivity contribution in [3.05, 3.63) is 53.8 Å². The molecule has 0 amide bonds. The molecule has 0 aromatic heterocycles. The Morgan fingerprint density at radius 3 is 2.79 bits per heavy atom. The van der Waals surface area contributed by atoms with Crippen LogP contribution >= 0.6 is 0 Å². The highest BCUT2D eigenvalue weighted by Crippen LogP contribution is 2.17. The third kappa shape index (κ3) is 4.40. The smallest absolute Gasteiger partial charge is 0.159 e. The molecule has 0 heterocycles. The summed E-state index contributed by atoms with van der Waals surface area (Å²) in [5.74, 6) is 1.04. The summed E-state index contributed by atoms with van der Waals surface area (Å²) in [5, 5.41) is 0. The van der Waals surface area contributed by atoms with Crippen LogP contribution in [0.1, 0.15) is 38.2 Å². The molecule has 0 unspecified atom stereocenters. The minimum absolute atomic E-state index is 0.192. The van der Waals surface area contributed by atoms with Crippen LogP contribution in [-0.4, -0.2) is 12.4 Å². The number of carbonyl (C=O) groups excluding carboxylic acids is 1. The molecule has 0 aliphatic heterocycles. The molecule has 0 N–H and O–H groups in total. The molecule has 0 fully saturated rings. The molecule has 0 atom stereocenters. The number of ether oxygens (including phenoxy) is 1. The van der Waals surface area contributed by atoms with E-state index in [0.717, 1.165) is 25.0 Å². The van der Waals surface area contributed by atoms with E-state index in [9.17, 15) is 4.79 Å². The van der Waals surface area contributed by atoms with Gasteiger partial charge in [0.25, 0.3) is 0 Å². The van der Waals surface area contributed by atoms with Crippen LogP contribution in [0.4, 0.5) is 0 Å². The third-order valence-corrected chi connectivity index (χ3v) is 3.25. The van der Waals surface area contributed by atoms with Gasteiger partial charge >= 0.3 is 0 Å². The summed E-state index contributed by atoms with van der Waals surface area (Å²) >= 11 is 0. The Bertz CT molecular complexity index is 483. The highest BCUT2D eigenvalue weighted by atomic mass is 16.5. The predicted molar refractivity (Wildman–Crippen MR) is 77.6 cm³/mol. The molecule has 100 valence electrons. The van der Waals surface area contributed by atoms with E-state index >= 15 is 0 Å². The first-order valence-electron chi connectivity index (χ1n) is 6.84. The molecule has 0 saturated heterocycles. The standard InChI is InChI=1S/C17H20O2/c1-14(15-8-3-2-4-9-15)7-6-12-19-17-11-5-10-16(18)13-17/h2-4,7-9,13H,5-6,10-12H2,1H3/b14-7+. The molecule has 0 spiro atoms. The molecule has 19 heavy (non-hydrogen) atoms. The molecular weight excluding hydrogens is 236 g/mol. The van der Waals surface area contributed by atoms with Gasteiger partial charge in [0.2, 0.25) is 0 Å². The summed E-state index contributed by atoms with van der Waals surface area (Å²) < 4.78 is 5.64. The molecule has 1 aromatic carbocycles. The number of benzene rings is 1. The van der Waals surface area contributed by atoms with Gasteiger partial charge in [0, 0.05) is 18.9 Å². The SMILES string of the molecule is C/C(=C\CCOC1=CC(=O)CCC1)c1ccccc1. The molecule has 2 nitrogen and oxygen atoms in total. The fourth-order valence-electron chi connectivity index (χ4n) is 2.16. The number of ketones is 1. The summed E-state index contributed by atoms with van der Waals surface area (Å²) in [6.45, 7) is 2.75. The van der Waals surface area contributed by atoms with Crippen molar-refractivity contribution in [3.8, 4) is 0 Å². The summed E-state index contributed by atoms with van der Waals surface area (Å²) in [7, 11) is 0. The molecule has 1 aliphatic rings. The van der Waals surface area contributed by atoms with E-state index in [4.69, 9.17) is 4.74 Å². The molecule has 2 heteroatoms. The number of rotatable bonds is 5. The third-order valence-electron chi connectivity index (χ3n) is 3.25. The average Bonchev–Trinajstić information content (AvgIpc) is 2.44. The van der Waals surface area contributed by atoms with Crippen molar-refractivity contribution < 1.29 is 9.53 Å². The Labute approximate surface area is 114 Å². The second-order valence-corrected chi connectivity index (χ2v) is 4.82. The zero-order valence-corrected chi connectivity index (χ0v) is 11.4. The van der Waals surface area contributed by atoms with Crippen molar-refractivity contribution in [2.75, 3.05) is 6.61 Å². The van der Waals surface area contributed by atoms with Crippen LogP contribution in [0.5, 0.6) is 0 Å². The van der Waals surface area contributed by atoms with Crippen molar-refractivity contribution in [2.45, 2.75) is 32.6 Å². The highest BCUT2D eigenvalue weighted by molar-refractivity contribution is 5.90. The lowest BCUT2D eigenvalue weighted by Crippen LogP contribution is -2.05. The van der Waals surface area contributed by atoms with Crippen molar-refractivity contribution in [1.29, 1.82) is 0 Å². The Hall–Kier alpha value is -1.83. The van der Waals surface area contributed by atoms with Gasteiger partial charge in [0.1, 0.15) is 0 Å². The van der Waals surface area contributed by atoms with Crippen LogP contribution in [0.25, 0.3) is 5.57 Å². The molecule has 2 rings (SSSR count). The predicted octanol–water partition coefficient (Wildman–Crippen LogP) is 4.13. The fraction of sp³-hybridized carbons (Fsp3) is 0.353. The Kier molecular flexibility index (Phi) is 4.96. The number of carbonyl (C=O) groups is 1. The van der Waals surface area contributed by atoms with E-state index < -0.39 is 0 Å². The number of hydrogen-bond donors (Lipinski definition) is 0. The van der Waals surface area contributed by atoms with E-state index in [1.165, 1.54) is 11.1 Å². The largest absolute Gasteiger partial charge is 0.497 e. The van der Waals surface area contributed by atoms with Crippen molar-refractivity contribution in [3.63, 3.8) is 0 Å². The maximum Gasteiger partial charge on any atom is 0.159 e. The van der Waals surface area contributed by atoms with Gasteiger partial charge in [-0.1, -0.05) is 36.4 Å². The Balaban J connectivity index is 1.79. The van der Waals surface area contributed by atoms with Gasteiger partial charge < -0.3 is 4.74 Å². The molecule has 1 aromatic rings. The molecule has 0 radical (unpaired) electrons. The summed E-state index contributed by atoms with van der Waals surface area (Å²) in [6, 6.07) is 10.3. The lowest BCUT2D eigenvalue weighted by Gasteiger charge is -2.13. The first-order chi connectivity index (χ1) is 9.25. The second kappa shape index (κ2) is 6.93. The minimum atomic E-state index is 0.192. The zero-order chi connectivity index (χ0) is 13.5. The normalized spacial score (nSPS) is 16.2. The minimum Gasteiger partial charge on any atom is -0.497 e. The topological polar surface area (TPSA) is 26.3 Å². The lowest BCUT2D eigenvalue weighted by molar-refractivity contribution is -0.115. The first-order valence-corrected chi connectivity index (χ1v) is 6.84. The second-order valence-electron chi connectivity index (χ2n) is 4.82. The van der Waals surface area contributed by atoms with E-state index in [1.54, 1.807) is 6.08 Å². The van der Waals surface area contributed by atoms with Gasteiger partial charge in [-0.3, -0.25) is 4.79 Å². The van der Waals surface area contributed by atoms with Gasteiger partial charge in [-0.25, -0.2) is 0 Å². The van der Waals surface area contributed by atoms with Crippen molar-refractivity contribution in [2.24, 2.45) is 0 Å².